The van der Waals surface area contributed by atoms with Gasteiger partial charge in [-0.25, -0.2) is 0 Å². The molecule has 1 rings (SSSR count). The number of nitro groups is 1. The van der Waals surface area contributed by atoms with Crippen LogP contribution in [0.5, 0.6) is 5.75 Å². The summed E-state index contributed by atoms with van der Waals surface area (Å²) in [6, 6.07) is 4.77. The Bertz CT molecular complexity index is 491. The third kappa shape index (κ3) is 5.29. The maximum Gasteiger partial charge on any atom is 0.333 e. The SMILES string of the molecule is CCCNC(=O)CNc1cccc(OCCC)c1[N+](=O)[O-]. The van der Waals surface area contributed by atoms with E-state index in [1.807, 2.05) is 13.8 Å². The van der Waals surface area contributed by atoms with Crippen molar-refractivity contribution in [2.45, 2.75) is 26.7 Å². The van der Waals surface area contributed by atoms with Crippen LogP contribution in [0.25, 0.3) is 0 Å². The van der Waals surface area contributed by atoms with Crippen molar-refractivity contribution in [3.8, 4) is 5.75 Å². The summed E-state index contributed by atoms with van der Waals surface area (Å²) in [4.78, 5) is 22.2. The van der Waals surface area contributed by atoms with E-state index in [-0.39, 0.29) is 29.6 Å². The molecule has 0 aliphatic heterocycles. The van der Waals surface area contributed by atoms with Gasteiger partial charge in [0.15, 0.2) is 5.75 Å². The van der Waals surface area contributed by atoms with Crippen LogP contribution in [0, 0.1) is 10.1 Å². The molecule has 21 heavy (non-hydrogen) atoms. The first kappa shape index (κ1) is 16.7. The monoisotopic (exact) mass is 295 g/mol. The first-order valence-corrected chi connectivity index (χ1v) is 7.00. The number of nitro benzene ring substituents is 1. The highest BCUT2D eigenvalue weighted by molar-refractivity contribution is 5.82. The molecule has 0 fully saturated rings. The molecule has 0 atom stereocenters. The number of rotatable bonds is 9. The first-order chi connectivity index (χ1) is 10.1. The molecule has 0 aliphatic rings. The Morgan fingerprint density at radius 2 is 2.10 bits per heavy atom. The molecule has 0 unspecified atom stereocenters. The smallest absolute Gasteiger partial charge is 0.333 e. The number of hydrogen-bond donors (Lipinski definition) is 2. The number of carbonyl (C=O) groups is 1. The summed E-state index contributed by atoms with van der Waals surface area (Å²) < 4.78 is 5.38. The number of para-hydroxylation sites is 1. The van der Waals surface area contributed by atoms with Gasteiger partial charge < -0.3 is 15.4 Å². The van der Waals surface area contributed by atoms with E-state index in [1.165, 1.54) is 0 Å². The minimum Gasteiger partial charge on any atom is -0.487 e. The van der Waals surface area contributed by atoms with Crippen LogP contribution in [-0.4, -0.2) is 30.5 Å². The van der Waals surface area contributed by atoms with Gasteiger partial charge in [-0.2, -0.15) is 0 Å². The van der Waals surface area contributed by atoms with Gasteiger partial charge in [-0.1, -0.05) is 19.9 Å². The number of benzene rings is 1. The molecular weight excluding hydrogens is 274 g/mol. The fourth-order valence-electron chi connectivity index (χ4n) is 1.68. The van der Waals surface area contributed by atoms with E-state index >= 15 is 0 Å². The fourth-order valence-corrected chi connectivity index (χ4v) is 1.68. The molecule has 0 bridgehead atoms. The lowest BCUT2D eigenvalue weighted by atomic mass is 10.2. The summed E-state index contributed by atoms with van der Waals surface area (Å²) in [5, 5.41) is 16.7. The number of nitrogens with one attached hydrogen (secondary N) is 2. The molecule has 116 valence electrons. The molecule has 0 radical (unpaired) electrons. The van der Waals surface area contributed by atoms with Gasteiger partial charge in [0.1, 0.15) is 5.69 Å². The van der Waals surface area contributed by atoms with Crippen molar-refractivity contribution in [2.75, 3.05) is 25.0 Å². The maximum atomic E-state index is 11.5. The standard InChI is InChI=1S/C14H21N3O4/c1-3-8-15-13(18)10-16-11-6-5-7-12(21-9-4-2)14(11)17(19)20/h5-7,16H,3-4,8-10H2,1-2H3,(H,15,18). The van der Waals surface area contributed by atoms with Crippen molar-refractivity contribution < 1.29 is 14.5 Å². The van der Waals surface area contributed by atoms with Crippen molar-refractivity contribution in [1.29, 1.82) is 0 Å². The lowest BCUT2D eigenvalue weighted by Crippen LogP contribution is -2.30. The van der Waals surface area contributed by atoms with Gasteiger partial charge in [0.2, 0.25) is 5.91 Å². The normalized spacial score (nSPS) is 10.0. The van der Waals surface area contributed by atoms with E-state index < -0.39 is 4.92 Å². The summed E-state index contributed by atoms with van der Waals surface area (Å²) in [5.74, 6) is 0.00634. The molecule has 0 heterocycles. The highest BCUT2D eigenvalue weighted by atomic mass is 16.6. The zero-order chi connectivity index (χ0) is 15.7. The summed E-state index contributed by atoms with van der Waals surface area (Å²) in [7, 11) is 0. The van der Waals surface area contributed by atoms with E-state index in [1.54, 1.807) is 18.2 Å². The highest BCUT2D eigenvalue weighted by Gasteiger charge is 2.21. The van der Waals surface area contributed by atoms with Crippen LogP contribution in [0.3, 0.4) is 0 Å². The van der Waals surface area contributed by atoms with E-state index in [2.05, 4.69) is 10.6 Å². The molecule has 0 aromatic heterocycles. The molecule has 1 amide bonds. The Balaban J connectivity index is 2.81. The van der Waals surface area contributed by atoms with Gasteiger partial charge in [0.05, 0.1) is 18.1 Å². The molecule has 2 N–H and O–H groups in total. The first-order valence-electron chi connectivity index (χ1n) is 7.00. The van der Waals surface area contributed by atoms with Gasteiger partial charge in [0.25, 0.3) is 0 Å². The average Bonchev–Trinajstić information content (AvgIpc) is 2.48. The molecular formula is C14H21N3O4. The van der Waals surface area contributed by atoms with Crippen LogP contribution >= 0.6 is 0 Å². The van der Waals surface area contributed by atoms with Crippen LogP contribution in [-0.2, 0) is 4.79 Å². The van der Waals surface area contributed by atoms with Crippen molar-refractivity contribution in [3.05, 3.63) is 28.3 Å². The number of ether oxygens (including phenoxy) is 1. The summed E-state index contributed by atoms with van der Waals surface area (Å²) in [6.07, 6.45) is 1.60. The minimum absolute atomic E-state index is 0.0158. The quantitative estimate of drug-likeness (QED) is 0.538. The van der Waals surface area contributed by atoms with Crippen molar-refractivity contribution >= 4 is 17.3 Å². The lowest BCUT2D eigenvalue weighted by molar-refractivity contribution is -0.384. The second kappa shape index (κ2) is 8.78. The van der Waals surface area contributed by atoms with Crippen LogP contribution in [0.4, 0.5) is 11.4 Å². The Morgan fingerprint density at radius 3 is 2.71 bits per heavy atom. The minimum atomic E-state index is -0.503. The predicted molar refractivity (Wildman–Crippen MR) is 80.7 cm³/mol. The molecule has 0 saturated heterocycles. The molecule has 1 aromatic rings. The van der Waals surface area contributed by atoms with Crippen LogP contribution in [0.1, 0.15) is 26.7 Å². The average molecular weight is 295 g/mol. The second-order valence-corrected chi connectivity index (χ2v) is 4.46. The zero-order valence-electron chi connectivity index (χ0n) is 12.3. The number of amides is 1. The summed E-state index contributed by atoms with van der Waals surface area (Å²) in [5.41, 5.74) is 0.134. The van der Waals surface area contributed by atoms with Gasteiger partial charge in [-0.15, -0.1) is 0 Å². The van der Waals surface area contributed by atoms with Crippen LogP contribution < -0.4 is 15.4 Å². The Morgan fingerprint density at radius 1 is 1.33 bits per heavy atom. The van der Waals surface area contributed by atoms with Crippen molar-refractivity contribution in [2.24, 2.45) is 0 Å². The van der Waals surface area contributed by atoms with E-state index in [4.69, 9.17) is 4.74 Å². The van der Waals surface area contributed by atoms with Crippen LogP contribution in [0.2, 0.25) is 0 Å². The molecule has 1 aromatic carbocycles. The van der Waals surface area contributed by atoms with Gasteiger partial charge in [-0.3, -0.25) is 14.9 Å². The topological polar surface area (TPSA) is 93.5 Å². The molecule has 7 heteroatoms. The summed E-state index contributed by atoms with van der Waals surface area (Å²) in [6.45, 7) is 4.85. The molecule has 7 nitrogen and oxygen atoms in total. The number of anilines is 1. The van der Waals surface area contributed by atoms with Gasteiger partial charge in [-0.05, 0) is 25.0 Å². The van der Waals surface area contributed by atoms with Gasteiger partial charge in [0, 0.05) is 6.54 Å². The fraction of sp³-hybridized carbons (Fsp3) is 0.500. The van der Waals surface area contributed by atoms with E-state index in [0.717, 1.165) is 12.8 Å². The zero-order valence-corrected chi connectivity index (χ0v) is 12.3. The Hall–Kier alpha value is -2.31. The second-order valence-electron chi connectivity index (χ2n) is 4.46. The van der Waals surface area contributed by atoms with Gasteiger partial charge >= 0.3 is 5.69 Å². The largest absolute Gasteiger partial charge is 0.487 e. The third-order valence-electron chi connectivity index (χ3n) is 2.65. The Kier molecular flexibility index (Phi) is 7.00. The number of hydrogen-bond acceptors (Lipinski definition) is 5. The lowest BCUT2D eigenvalue weighted by Gasteiger charge is -2.11. The Labute approximate surface area is 123 Å². The van der Waals surface area contributed by atoms with Crippen LogP contribution in [0.15, 0.2) is 18.2 Å². The predicted octanol–water partition coefficient (Wildman–Crippen LogP) is 2.32. The molecule has 0 saturated carbocycles. The van der Waals surface area contributed by atoms with E-state index in [0.29, 0.717) is 13.2 Å². The van der Waals surface area contributed by atoms with Crippen molar-refractivity contribution in [1.82, 2.24) is 5.32 Å². The highest BCUT2D eigenvalue weighted by Crippen LogP contribution is 2.34. The maximum absolute atomic E-state index is 11.5. The summed E-state index contributed by atoms with van der Waals surface area (Å²) >= 11 is 0. The van der Waals surface area contributed by atoms with E-state index in [9.17, 15) is 14.9 Å². The number of nitrogens with zero attached hydrogens (tertiary/aromatic N) is 1. The molecule has 0 spiro atoms. The molecule has 0 aliphatic carbocycles. The number of carbonyl (C=O) groups excluding carboxylic acids is 1. The third-order valence-corrected chi connectivity index (χ3v) is 2.65. The van der Waals surface area contributed by atoms with Crippen molar-refractivity contribution in [3.63, 3.8) is 0 Å².